The fourth-order valence-corrected chi connectivity index (χ4v) is 8.62. The van der Waals surface area contributed by atoms with Crippen LogP contribution in [0.4, 0.5) is 0 Å². The highest BCUT2D eigenvalue weighted by molar-refractivity contribution is 5.25. The Morgan fingerprint density at radius 1 is 1.03 bits per heavy atom. The molecule has 30 heavy (non-hydrogen) atoms. The Morgan fingerprint density at radius 2 is 1.80 bits per heavy atom. The Balaban J connectivity index is 1.49. The number of hydrogen-bond donors (Lipinski definition) is 3. The molecule has 0 spiro atoms. The largest absolute Gasteiger partial charge is 0.396 e. The van der Waals surface area contributed by atoms with Gasteiger partial charge in [0.25, 0.3) is 0 Å². The second-order valence-electron chi connectivity index (χ2n) is 12.2. The Bertz CT molecular complexity index is 644. The summed E-state index contributed by atoms with van der Waals surface area (Å²) in [5.41, 5.74) is 2.23. The maximum absolute atomic E-state index is 11.0. The Labute approximate surface area is 184 Å². The van der Waals surface area contributed by atoms with Gasteiger partial charge in [0.05, 0.1) is 12.2 Å². The number of fused-ring (bicyclic) bond motifs is 5. The Kier molecular flexibility index (Phi) is 6.48. The lowest BCUT2D eigenvalue weighted by atomic mass is 9.47. The van der Waals surface area contributed by atoms with Crippen LogP contribution in [0.3, 0.4) is 0 Å². The third kappa shape index (κ3) is 3.71. The van der Waals surface area contributed by atoms with Crippen LogP contribution in [0.5, 0.6) is 0 Å². The predicted molar refractivity (Wildman–Crippen MR) is 122 cm³/mol. The maximum atomic E-state index is 11.0. The third-order valence-corrected chi connectivity index (χ3v) is 10.7. The van der Waals surface area contributed by atoms with Gasteiger partial charge in [0, 0.05) is 6.61 Å². The van der Waals surface area contributed by atoms with Crippen molar-refractivity contribution < 1.29 is 15.3 Å². The number of aliphatic hydroxyl groups is 3. The predicted octanol–water partition coefficient (Wildman–Crippen LogP) is 5.33. The van der Waals surface area contributed by atoms with E-state index in [1.807, 2.05) is 0 Å². The number of allylic oxidation sites excluding steroid dienone is 1. The van der Waals surface area contributed by atoms with Crippen LogP contribution in [0.25, 0.3) is 0 Å². The molecule has 4 rings (SSSR count). The minimum Gasteiger partial charge on any atom is -0.396 e. The van der Waals surface area contributed by atoms with E-state index in [-0.39, 0.29) is 24.7 Å². The first kappa shape index (κ1) is 22.8. The van der Waals surface area contributed by atoms with Gasteiger partial charge in [-0.05, 0) is 111 Å². The Hall–Kier alpha value is -0.380. The molecule has 10 atom stereocenters. The second-order valence-corrected chi connectivity index (χ2v) is 12.2. The highest BCUT2D eigenvalue weighted by Crippen LogP contribution is 2.67. The molecule has 0 radical (unpaired) electrons. The van der Waals surface area contributed by atoms with E-state index in [1.165, 1.54) is 32.1 Å². The first-order valence-corrected chi connectivity index (χ1v) is 12.9. The van der Waals surface area contributed by atoms with Crippen molar-refractivity contribution in [2.75, 3.05) is 6.61 Å². The van der Waals surface area contributed by atoms with Gasteiger partial charge in [-0.3, -0.25) is 0 Å². The van der Waals surface area contributed by atoms with Crippen molar-refractivity contribution in [3.63, 3.8) is 0 Å². The van der Waals surface area contributed by atoms with Gasteiger partial charge in [0.2, 0.25) is 0 Å². The summed E-state index contributed by atoms with van der Waals surface area (Å²) in [6.45, 7) is 9.64. The van der Waals surface area contributed by atoms with E-state index in [4.69, 9.17) is 0 Å². The summed E-state index contributed by atoms with van der Waals surface area (Å²) in [6.07, 6.45) is 13.4. The molecule has 0 bridgehead atoms. The molecule has 3 N–H and O–H groups in total. The molecule has 172 valence electrons. The molecule has 3 saturated carbocycles. The molecular weight excluding hydrogens is 372 g/mol. The van der Waals surface area contributed by atoms with Crippen molar-refractivity contribution in [3.8, 4) is 0 Å². The van der Waals surface area contributed by atoms with Crippen LogP contribution in [-0.4, -0.2) is 34.1 Å². The fraction of sp³-hybridized carbons (Fsp3) is 0.926. The standard InChI is InChI=1S/C27H46O3/c1-17(16-28)5-10-25(30)18(2)22-8-9-23-21-7-6-19-15-20(29)11-13-26(19,3)24(21)12-14-27(22,23)4/h6,17-18,20-25,28-30H,5,7-16H2,1-4H3/t17-,18-,20-,21+,22+,23+,24+,25-,26-,27+/m0/s1. The minimum atomic E-state index is -0.243. The molecule has 3 fully saturated rings. The molecule has 0 aromatic carbocycles. The lowest BCUT2D eigenvalue weighted by Gasteiger charge is -2.58. The molecule has 4 aliphatic carbocycles. The van der Waals surface area contributed by atoms with Crippen LogP contribution in [0, 0.1) is 46.3 Å². The van der Waals surface area contributed by atoms with E-state index < -0.39 is 0 Å². The molecular formula is C27H46O3. The smallest absolute Gasteiger partial charge is 0.0577 e. The summed E-state index contributed by atoms with van der Waals surface area (Å²) >= 11 is 0. The molecule has 3 nitrogen and oxygen atoms in total. The van der Waals surface area contributed by atoms with Crippen LogP contribution in [0.1, 0.15) is 91.9 Å². The van der Waals surface area contributed by atoms with Crippen molar-refractivity contribution in [3.05, 3.63) is 11.6 Å². The van der Waals surface area contributed by atoms with Crippen LogP contribution >= 0.6 is 0 Å². The van der Waals surface area contributed by atoms with Crippen molar-refractivity contribution in [1.82, 2.24) is 0 Å². The maximum Gasteiger partial charge on any atom is 0.0577 e. The van der Waals surface area contributed by atoms with Crippen molar-refractivity contribution >= 4 is 0 Å². The SMILES string of the molecule is C[C@H](CO)CC[C@H](O)[C@@H](C)[C@H]1CC[C@@H]2[C@H]3CC=C4C[C@@H](O)CC[C@]4(C)[C@@H]3CC[C@]12C. The average Bonchev–Trinajstić information content (AvgIpc) is 3.08. The summed E-state index contributed by atoms with van der Waals surface area (Å²) in [5.74, 6) is 3.61. The van der Waals surface area contributed by atoms with E-state index in [2.05, 4.69) is 33.8 Å². The van der Waals surface area contributed by atoms with E-state index in [0.29, 0.717) is 22.7 Å². The van der Waals surface area contributed by atoms with Crippen LogP contribution in [-0.2, 0) is 0 Å². The number of rotatable bonds is 6. The summed E-state index contributed by atoms with van der Waals surface area (Å²) in [6, 6.07) is 0. The van der Waals surface area contributed by atoms with Gasteiger partial charge in [0.15, 0.2) is 0 Å². The quantitative estimate of drug-likeness (QED) is 0.511. The average molecular weight is 419 g/mol. The zero-order valence-corrected chi connectivity index (χ0v) is 19.8. The number of aliphatic hydroxyl groups excluding tert-OH is 3. The van der Waals surface area contributed by atoms with Gasteiger partial charge in [-0.2, -0.15) is 0 Å². The topological polar surface area (TPSA) is 60.7 Å². The monoisotopic (exact) mass is 418 g/mol. The zero-order valence-electron chi connectivity index (χ0n) is 19.8. The van der Waals surface area contributed by atoms with Crippen LogP contribution in [0.2, 0.25) is 0 Å². The lowest BCUT2D eigenvalue weighted by Crippen LogP contribution is -2.51. The third-order valence-electron chi connectivity index (χ3n) is 10.7. The molecule has 3 heteroatoms. The Morgan fingerprint density at radius 3 is 2.53 bits per heavy atom. The van der Waals surface area contributed by atoms with E-state index in [9.17, 15) is 15.3 Å². The van der Waals surface area contributed by atoms with E-state index in [1.54, 1.807) is 5.57 Å². The minimum absolute atomic E-state index is 0.124. The molecule has 0 saturated heterocycles. The van der Waals surface area contributed by atoms with Crippen molar-refractivity contribution in [2.24, 2.45) is 46.3 Å². The number of hydrogen-bond acceptors (Lipinski definition) is 3. The van der Waals surface area contributed by atoms with Crippen molar-refractivity contribution in [2.45, 2.75) is 104 Å². The summed E-state index contributed by atoms with van der Waals surface area (Å²) in [7, 11) is 0. The molecule has 0 aromatic rings. The molecule has 0 heterocycles. The fourth-order valence-electron chi connectivity index (χ4n) is 8.62. The summed E-state index contributed by atoms with van der Waals surface area (Å²) in [5, 5.41) is 30.5. The molecule has 0 aromatic heterocycles. The van der Waals surface area contributed by atoms with Gasteiger partial charge in [-0.1, -0.05) is 39.3 Å². The summed E-state index contributed by atoms with van der Waals surface area (Å²) < 4.78 is 0. The van der Waals surface area contributed by atoms with Gasteiger partial charge in [0.1, 0.15) is 0 Å². The molecule has 4 aliphatic rings. The second kappa shape index (κ2) is 8.52. The molecule has 0 amide bonds. The zero-order chi connectivity index (χ0) is 21.7. The van der Waals surface area contributed by atoms with Gasteiger partial charge in [-0.15, -0.1) is 0 Å². The van der Waals surface area contributed by atoms with Crippen LogP contribution < -0.4 is 0 Å². The van der Waals surface area contributed by atoms with E-state index >= 15 is 0 Å². The normalized spacial score (nSPS) is 46.2. The van der Waals surface area contributed by atoms with Gasteiger partial charge < -0.3 is 15.3 Å². The van der Waals surface area contributed by atoms with Crippen molar-refractivity contribution in [1.29, 1.82) is 0 Å². The first-order chi connectivity index (χ1) is 14.2. The molecule has 0 unspecified atom stereocenters. The van der Waals surface area contributed by atoms with E-state index in [0.717, 1.165) is 49.9 Å². The van der Waals surface area contributed by atoms with Crippen LogP contribution in [0.15, 0.2) is 11.6 Å². The van der Waals surface area contributed by atoms with Gasteiger partial charge >= 0.3 is 0 Å². The first-order valence-electron chi connectivity index (χ1n) is 12.9. The van der Waals surface area contributed by atoms with Gasteiger partial charge in [-0.25, -0.2) is 0 Å². The highest BCUT2D eigenvalue weighted by atomic mass is 16.3. The summed E-state index contributed by atoms with van der Waals surface area (Å²) in [4.78, 5) is 0. The highest BCUT2D eigenvalue weighted by Gasteiger charge is 2.59. The lowest BCUT2D eigenvalue weighted by molar-refractivity contribution is -0.0683. The molecule has 0 aliphatic heterocycles.